The van der Waals surface area contributed by atoms with Crippen LogP contribution in [-0.2, 0) is 0 Å². The molecular formula is C16H24FN. The highest BCUT2D eigenvalue weighted by Crippen LogP contribution is 2.41. The first-order chi connectivity index (χ1) is 8.74. The average molecular weight is 249 g/mol. The Kier molecular flexibility index (Phi) is 4.76. The van der Waals surface area contributed by atoms with Crippen LogP contribution in [0, 0.1) is 17.7 Å². The van der Waals surface area contributed by atoms with E-state index in [0.29, 0.717) is 11.8 Å². The zero-order chi connectivity index (χ0) is 13.0. The number of rotatable bonds is 4. The van der Waals surface area contributed by atoms with E-state index in [1.807, 2.05) is 13.1 Å². The van der Waals surface area contributed by atoms with E-state index in [0.717, 1.165) is 12.5 Å². The van der Waals surface area contributed by atoms with Gasteiger partial charge in [-0.05, 0) is 61.9 Å². The van der Waals surface area contributed by atoms with Gasteiger partial charge in [0.05, 0.1) is 0 Å². The molecule has 1 aliphatic carbocycles. The van der Waals surface area contributed by atoms with Crippen molar-refractivity contribution in [2.75, 3.05) is 13.6 Å². The molecule has 1 aromatic carbocycles. The molecule has 0 spiro atoms. The largest absolute Gasteiger partial charge is 0.319 e. The summed E-state index contributed by atoms with van der Waals surface area (Å²) in [6, 6.07) is 7.20. The SMILES string of the molecule is CCC1CCC(CNC)C(c2cccc(F)c2)C1. The molecule has 0 saturated heterocycles. The fraction of sp³-hybridized carbons (Fsp3) is 0.625. The Bertz CT molecular complexity index is 377. The van der Waals surface area contributed by atoms with Crippen molar-refractivity contribution in [1.29, 1.82) is 0 Å². The number of nitrogens with one attached hydrogen (secondary N) is 1. The van der Waals surface area contributed by atoms with Gasteiger partial charge in [0.15, 0.2) is 0 Å². The van der Waals surface area contributed by atoms with Crippen molar-refractivity contribution >= 4 is 0 Å². The molecular weight excluding hydrogens is 225 g/mol. The highest BCUT2D eigenvalue weighted by molar-refractivity contribution is 5.22. The molecule has 100 valence electrons. The lowest BCUT2D eigenvalue weighted by Gasteiger charge is -2.36. The molecule has 0 radical (unpaired) electrons. The lowest BCUT2D eigenvalue weighted by molar-refractivity contribution is 0.228. The summed E-state index contributed by atoms with van der Waals surface area (Å²) in [7, 11) is 2.01. The molecule has 0 aliphatic heterocycles. The van der Waals surface area contributed by atoms with E-state index in [2.05, 4.69) is 18.3 Å². The molecule has 0 bridgehead atoms. The van der Waals surface area contributed by atoms with E-state index in [-0.39, 0.29) is 5.82 Å². The number of hydrogen-bond donors (Lipinski definition) is 1. The zero-order valence-electron chi connectivity index (χ0n) is 11.5. The van der Waals surface area contributed by atoms with Crippen molar-refractivity contribution in [3.8, 4) is 0 Å². The Morgan fingerprint density at radius 3 is 2.83 bits per heavy atom. The molecule has 3 atom stereocenters. The van der Waals surface area contributed by atoms with Crippen molar-refractivity contribution in [3.63, 3.8) is 0 Å². The van der Waals surface area contributed by atoms with Gasteiger partial charge in [0, 0.05) is 0 Å². The Morgan fingerprint density at radius 2 is 2.17 bits per heavy atom. The van der Waals surface area contributed by atoms with Gasteiger partial charge in [-0.25, -0.2) is 4.39 Å². The maximum atomic E-state index is 13.4. The van der Waals surface area contributed by atoms with Crippen LogP contribution in [0.15, 0.2) is 24.3 Å². The third-order valence-electron chi connectivity index (χ3n) is 4.42. The Labute approximate surface area is 110 Å². The third-order valence-corrected chi connectivity index (χ3v) is 4.42. The van der Waals surface area contributed by atoms with Crippen LogP contribution >= 0.6 is 0 Å². The lowest BCUT2D eigenvalue weighted by Crippen LogP contribution is -2.30. The molecule has 1 N–H and O–H groups in total. The first kappa shape index (κ1) is 13.5. The standard InChI is InChI=1S/C16H24FN/c1-3-12-7-8-14(11-18-2)16(9-12)13-5-4-6-15(17)10-13/h4-6,10,12,14,16,18H,3,7-9,11H2,1-2H3. The van der Waals surface area contributed by atoms with Crippen LogP contribution in [-0.4, -0.2) is 13.6 Å². The molecule has 3 unspecified atom stereocenters. The number of hydrogen-bond acceptors (Lipinski definition) is 1. The van der Waals surface area contributed by atoms with Gasteiger partial charge in [0.1, 0.15) is 5.82 Å². The second-order valence-corrected chi connectivity index (χ2v) is 5.57. The van der Waals surface area contributed by atoms with Crippen LogP contribution in [0.3, 0.4) is 0 Å². The Morgan fingerprint density at radius 1 is 1.33 bits per heavy atom. The molecule has 1 fully saturated rings. The van der Waals surface area contributed by atoms with Gasteiger partial charge < -0.3 is 5.32 Å². The lowest BCUT2D eigenvalue weighted by atomic mass is 9.70. The summed E-state index contributed by atoms with van der Waals surface area (Å²) in [6.45, 7) is 3.31. The summed E-state index contributed by atoms with van der Waals surface area (Å²) in [5.74, 6) is 1.88. The van der Waals surface area contributed by atoms with Crippen LogP contribution < -0.4 is 5.32 Å². The van der Waals surface area contributed by atoms with Gasteiger partial charge in [-0.3, -0.25) is 0 Å². The summed E-state index contributed by atoms with van der Waals surface area (Å²) >= 11 is 0. The average Bonchev–Trinajstić information content (AvgIpc) is 2.39. The minimum absolute atomic E-state index is 0.102. The predicted octanol–water partition coefficient (Wildman–Crippen LogP) is 3.96. The molecule has 0 amide bonds. The summed E-state index contributed by atoms with van der Waals surface area (Å²) < 4.78 is 13.4. The summed E-state index contributed by atoms with van der Waals surface area (Å²) in [5, 5.41) is 3.29. The zero-order valence-corrected chi connectivity index (χ0v) is 11.5. The van der Waals surface area contributed by atoms with E-state index < -0.39 is 0 Å². The predicted molar refractivity (Wildman–Crippen MR) is 74.2 cm³/mol. The molecule has 1 saturated carbocycles. The topological polar surface area (TPSA) is 12.0 Å². The van der Waals surface area contributed by atoms with E-state index in [9.17, 15) is 4.39 Å². The van der Waals surface area contributed by atoms with Crippen LogP contribution in [0.5, 0.6) is 0 Å². The maximum absolute atomic E-state index is 13.4. The minimum atomic E-state index is -0.102. The highest BCUT2D eigenvalue weighted by Gasteiger charge is 2.30. The second kappa shape index (κ2) is 6.33. The van der Waals surface area contributed by atoms with Gasteiger partial charge in [0.25, 0.3) is 0 Å². The van der Waals surface area contributed by atoms with Crippen molar-refractivity contribution in [2.24, 2.45) is 11.8 Å². The fourth-order valence-electron chi connectivity index (χ4n) is 3.34. The van der Waals surface area contributed by atoms with Gasteiger partial charge in [-0.15, -0.1) is 0 Å². The monoisotopic (exact) mass is 249 g/mol. The fourth-order valence-corrected chi connectivity index (χ4v) is 3.34. The van der Waals surface area contributed by atoms with Crippen molar-refractivity contribution in [3.05, 3.63) is 35.6 Å². The minimum Gasteiger partial charge on any atom is -0.319 e. The van der Waals surface area contributed by atoms with E-state index in [1.165, 1.54) is 37.3 Å². The highest BCUT2D eigenvalue weighted by atomic mass is 19.1. The van der Waals surface area contributed by atoms with Crippen molar-refractivity contribution in [2.45, 2.75) is 38.5 Å². The van der Waals surface area contributed by atoms with Gasteiger partial charge >= 0.3 is 0 Å². The normalized spacial score (nSPS) is 28.3. The van der Waals surface area contributed by atoms with Gasteiger partial charge in [0.2, 0.25) is 0 Å². The smallest absolute Gasteiger partial charge is 0.123 e. The molecule has 2 heteroatoms. The molecule has 1 aromatic rings. The first-order valence-electron chi connectivity index (χ1n) is 7.14. The second-order valence-electron chi connectivity index (χ2n) is 5.57. The number of halogens is 1. The molecule has 2 rings (SSSR count). The van der Waals surface area contributed by atoms with Gasteiger partial charge in [-0.2, -0.15) is 0 Å². The van der Waals surface area contributed by atoms with E-state index in [4.69, 9.17) is 0 Å². The molecule has 18 heavy (non-hydrogen) atoms. The van der Waals surface area contributed by atoms with Crippen LogP contribution in [0.1, 0.15) is 44.1 Å². The van der Waals surface area contributed by atoms with Crippen LogP contribution in [0.2, 0.25) is 0 Å². The van der Waals surface area contributed by atoms with E-state index >= 15 is 0 Å². The van der Waals surface area contributed by atoms with Crippen molar-refractivity contribution < 1.29 is 4.39 Å². The Balaban J connectivity index is 2.18. The quantitative estimate of drug-likeness (QED) is 0.852. The van der Waals surface area contributed by atoms with Crippen molar-refractivity contribution in [1.82, 2.24) is 5.32 Å². The maximum Gasteiger partial charge on any atom is 0.123 e. The van der Waals surface area contributed by atoms with Crippen LogP contribution in [0.4, 0.5) is 4.39 Å². The molecule has 0 heterocycles. The first-order valence-corrected chi connectivity index (χ1v) is 7.14. The molecule has 0 aromatic heterocycles. The summed E-state index contributed by atoms with van der Waals surface area (Å²) in [4.78, 5) is 0. The molecule has 1 nitrogen and oxygen atoms in total. The van der Waals surface area contributed by atoms with E-state index in [1.54, 1.807) is 6.07 Å². The Hall–Kier alpha value is -0.890. The van der Waals surface area contributed by atoms with Gasteiger partial charge in [-0.1, -0.05) is 31.9 Å². The molecule has 1 aliphatic rings. The number of benzene rings is 1. The summed E-state index contributed by atoms with van der Waals surface area (Å²) in [5.41, 5.74) is 1.19. The summed E-state index contributed by atoms with van der Waals surface area (Å²) in [6.07, 6.45) is 5.06. The van der Waals surface area contributed by atoms with Crippen LogP contribution in [0.25, 0.3) is 0 Å². The third kappa shape index (κ3) is 3.11.